The maximum absolute atomic E-state index is 14.0. The Morgan fingerprint density at radius 2 is 2.00 bits per heavy atom. The minimum absolute atomic E-state index is 0.0414. The first-order chi connectivity index (χ1) is 17.5. The third kappa shape index (κ3) is 5.93. The monoisotopic (exact) mass is 566 g/mol. The first kappa shape index (κ1) is 27.0. The Morgan fingerprint density at radius 1 is 1.24 bits per heavy atom. The highest BCUT2D eigenvalue weighted by Gasteiger charge is 2.23. The van der Waals surface area contributed by atoms with Crippen molar-refractivity contribution in [3.63, 3.8) is 0 Å². The molecule has 0 aliphatic carbocycles. The molecule has 0 amide bonds. The van der Waals surface area contributed by atoms with Crippen LogP contribution < -0.4 is 15.2 Å². The van der Waals surface area contributed by atoms with Gasteiger partial charge < -0.3 is 19.8 Å². The van der Waals surface area contributed by atoms with E-state index in [4.69, 9.17) is 38.1 Å². The summed E-state index contributed by atoms with van der Waals surface area (Å²) in [5.74, 6) is -0.460. The molecular formula is C25H25Cl2FN4O4S. The van der Waals surface area contributed by atoms with Crippen LogP contribution in [0.1, 0.15) is 18.6 Å². The van der Waals surface area contributed by atoms with E-state index in [1.807, 2.05) is 6.07 Å². The zero-order valence-corrected chi connectivity index (χ0v) is 22.6. The summed E-state index contributed by atoms with van der Waals surface area (Å²) in [5.41, 5.74) is 8.42. The van der Waals surface area contributed by atoms with E-state index in [2.05, 4.69) is 9.71 Å². The summed E-state index contributed by atoms with van der Waals surface area (Å²) in [7, 11) is 0.0807. The van der Waals surface area contributed by atoms with Crippen LogP contribution >= 0.6 is 23.2 Å². The predicted molar refractivity (Wildman–Crippen MR) is 145 cm³/mol. The number of fused-ring (bicyclic) bond motifs is 1. The summed E-state index contributed by atoms with van der Waals surface area (Å²) in [4.78, 5) is 6.03. The number of ether oxygens (including phenoxy) is 1. The van der Waals surface area contributed by atoms with E-state index in [0.717, 1.165) is 0 Å². The van der Waals surface area contributed by atoms with E-state index in [1.165, 1.54) is 24.6 Å². The van der Waals surface area contributed by atoms with Gasteiger partial charge in [-0.2, -0.15) is 0 Å². The number of aromatic nitrogens is 1. The number of nitrogens with zero attached hydrogens (tertiary/aromatic N) is 2. The SMILES string of the molecule is CC(Oc1c(N)ncc2c(-c3cccc(NS(=O)(=O)CCN(C)C)c3)coc12)c1c(Cl)ccc(F)c1Cl. The number of hydrogen-bond acceptors (Lipinski definition) is 7. The molecule has 4 rings (SSSR count). The first-order valence-corrected chi connectivity index (χ1v) is 13.6. The average Bonchev–Trinajstić information content (AvgIpc) is 3.27. The maximum atomic E-state index is 14.0. The number of nitrogens with one attached hydrogen (secondary N) is 1. The van der Waals surface area contributed by atoms with Gasteiger partial charge in [-0.05, 0) is 50.8 Å². The van der Waals surface area contributed by atoms with Gasteiger partial charge in [0.1, 0.15) is 11.9 Å². The molecule has 0 fully saturated rings. The predicted octanol–water partition coefficient (Wildman–Crippen LogP) is 5.97. The molecule has 0 saturated heterocycles. The van der Waals surface area contributed by atoms with Gasteiger partial charge in [0.2, 0.25) is 15.8 Å². The lowest BCUT2D eigenvalue weighted by molar-refractivity contribution is 0.227. The van der Waals surface area contributed by atoms with Gasteiger partial charge in [-0.3, -0.25) is 4.72 Å². The highest BCUT2D eigenvalue weighted by molar-refractivity contribution is 7.92. The fraction of sp³-hybridized carbons (Fsp3) is 0.240. The van der Waals surface area contributed by atoms with Crippen molar-refractivity contribution in [2.24, 2.45) is 0 Å². The summed E-state index contributed by atoms with van der Waals surface area (Å²) in [6.45, 7) is 2.04. The number of rotatable bonds is 9. The van der Waals surface area contributed by atoms with Gasteiger partial charge in [0.05, 0.1) is 22.4 Å². The van der Waals surface area contributed by atoms with Crippen LogP contribution in [0.4, 0.5) is 15.9 Å². The summed E-state index contributed by atoms with van der Waals surface area (Å²) in [5, 5.41) is 0.673. The van der Waals surface area contributed by atoms with E-state index in [1.54, 1.807) is 44.1 Å². The zero-order valence-electron chi connectivity index (χ0n) is 20.3. The fourth-order valence-corrected chi connectivity index (χ4v) is 5.62. The number of nitrogens with two attached hydrogens (primary N) is 1. The molecular weight excluding hydrogens is 542 g/mol. The van der Waals surface area contributed by atoms with Crippen LogP contribution in [-0.2, 0) is 10.0 Å². The van der Waals surface area contributed by atoms with Crippen molar-refractivity contribution in [1.82, 2.24) is 9.88 Å². The van der Waals surface area contributed by atoms with E-state index in [9.17, 15) is 12.8 Å². The quantitative estimate of drug-likeness (QED) is 0.240. The molecule has 8 nitrogen and oxygen atoms in total. The molecule has 37 heavy (non-hydrogen) atoms. The van der Waals surface area contributed by atoms with Crippen molar-refractivity contribution in [2.45, 2.75) is 13.0 Å². The number of pyridine rings is 1. The summed E-state index contributed by atoms with van der Waals surface area (Å²) >= 11 is 12.4. The Kier molecular flexibility index (Phi) is 7.84. The molecule has 2 heterocycles. The molecule has 196 valence electrons. The third-order valence-corrected chi connectivity index (χ3v) is 7.62. The average molecular weight is 567 g/mol. The number of nitrogen functional groups attached to an aromatic ring is 1. The Balaban J connectivity index is 1.67. The minimum Gasteiger partial charge on any atom is -0.478 e. The number of hydrogen-bond donors (Lipinski definition) is 2. The molecule has 0 radical (unpaired) electrons. The van der Waals surface area contributed by atoms with Crippen molar-refractivity contribution in [2.75, 3.05) is 36.8 Å². The van der Waals surface area contributed by atoms with Crippen LogP contribution in [0.3, 0.4) is 0 Å². The van der Waals surface area contributed by atoms with Crippen LogP contribution in [0, 0.1) is 5.82 Å². The van der Waals surface area contributed by atoms with Gasteiger partial charge in [0.15, 0.2) is 11.4 Å². The maximum Gasteiger partial charge on any atom is 0.233 e. The molecule has 0 aliphatic rings. The largest absolute Gasteiger partial charge is 0.478 e. The van der Waals surface area contributed by atoms with E-state index in [-0.39, 0.29) is 32.9 Å². The lowest BCUT2D eigenvalue weighted by Gasteiger charge is -2.18. The standard InChI is InChI=1S/C25H25Cl2FN4O4S/c1-14(21-19(26)7-8-20(28)22(21)27)36-24-23-17(12-30-25(24)29)18(13-35-23)15-5-4-6-16(11-15)31-37(33,34)10-9-32(2)3/h4-8,11-14,31H,9-10H2,1-3H3,(H2,29,30). The van der Waals surface area contributed by atoms with Gasteiger partial charge in [0, 0.05) is 34.6 Å². The van der Waals surface area contributed by atoms with Crippen LogP contribution in [-0.4, -0.2) is 44.7 Å². The van der Waals surface area contributed by atoms with Crippen molar-refractivity contribution in [3.8, 4) is 16.9 Å². The Labute approximate surface area is 224 Å². The molecule has 3 N–H and O–H groups in total. The highest BCUT2D eigenvalue weighted by atomic mass is 35.5. The molecule has 2 aromatic carbocycles. The number of benzene rings is 2. The lowest BCUT2D eigenvalue weighted by Crippen LogP contribution is -2.26. The van der Waals surface area contributed by atoms with Crippen LogP contribution in [0.5, 0.6) is 5.75 Å². The Bertz CT molecular complexity index is 1560. The van der Waals surface area contributed by atoms with Gasteiger partial charge in [-0.15, -0.1) is 0 Å². The molecule has 12 heteroatoms. The van der Waals surface area contributed by atoms with Gasteiger partial charge in [-0.1, -0.05) is 35.3 Å². The number of sulfonamides is 1. The molecule has 1 atom stereocenters. The van der Waals surface area contributed by atoms with Gasteiger partial charge >= 0.3 is 0 Å². The molecule has 0 aliphatic heterocycles. The van der Waals surface area contributed by atoms with E-state index in [0.29, 0.717) is 34.3 Å². The molecule has 0 bridgehead atoms. The van der Waals surface area contributed by atoms with Crippen LogP contribution in [0.15, 0.2) is 53.3 Å². The van der Waals surface area contributed by atoms with Crippen molar-refractivity contribution >= 4 is 55.7 Å². The Morgan fingerprint density at radius 3 is 2.73 bits per heavy atom. The summed E-state index contributed by atoms with van der Waals surface area (Å²) in [6, 6.07) is 9.48. The number of anilines is 2. The van der Waals surface area contributed by atoms with Crippen molar-refractivity contribution < 1.29 is 22.0 Å². The number of halogens is 3. The van der Waals surface area contributed by atoms with Crippen molar-refractivity contribution in [3.05, 3.63) is 70.3 Å². The Hall–Kier alpha value is -3.05. The lowest BCUT2D eigenvalue weighted by atomic mass is 10.1. The molecule has 0 spiro atoms. The van der Waals surface area contributed by atoms with Crippen LogP contribution in [0.2, 0.25) is 10.0 Å². The topological polar surface area (TPSA) is 111 Å². The second-order valence-corrected chi connectivity index (χ2v) is 11.3. The zero-order chi connectivity index (χ0) is 26.9. The van der Waals surface area contributed by atoms with Crippen LogP contribution in [0.25, 0.3) is 22.1 Å². The molecule has 4 aromatic rings. The van der Waals surface area contributed by atoms with E-state index >= 15 is 0 Å². The summed E-state index contributed by atoms with van der Waals surface area (Å²) in [6.07, 6.45) is 2.27. The summed E-state index contributed by atoms with van der Waals surface area (Å²) < 4.78 is 53.4. The minimum atomic E-state index is -3.53. The molecule has 1 unspecified atom stereocenters. The van der Waals surface area contributed by atoms with E-state index < -0.39 is 21.9 Å². The second kappa shape index (κ2) is 10.7. The van der Waals surface area contributed by atoms with Crippen molar-refractivity contribution in [1.29, 1.82) is 0 Å². The fourth-order valence-electron chi connectivity index (χ4n) is 3.75. The number of furan rings is 1. The van der Waals surface area contributed by atoms with Gasteiger partial charge in [-0.25, -0.2) is 17.8 Å². The first-order valence-electron chi connectivity index (χ1n) is 11.2. The normalized spacial score (nSPS) is 12.7. The highest BCUT2D eigenvalue weighted by Crippen LogP contribution is 2.41. The molecule has 2 aromatic heterocycles. The smallest absolute Gasteiger partial charge is 0.233 e. The molecule has 0 saturated carbocycles. The van der Waals surface area contributed by atoms with Gasteiger partial charge in [0.25, 0.3) is 0 Å². The third-order valence-electron chi connectivity index (χ3n) is 5.64. The second-order valence-electron chi connectivity index (χ2n) is 8.69.